The first-order valence-electron chi connectivity index (χ1n) is 4.87. The topological polar surface area (TPSA) is 46.5 Å². The smallest absolute Gasteiger partial charge is 0.430 e. The molecule has 1 unspecified atom stereocenters. The molecule has 1 aromatic carbocycles. The zero-order valence-corrected chi connectivity index (χ0v) is 11.3. The Morgan fingerprint density at radius 1 is 1.42 bits per heavy atom. The summed E-state index contributed by atoms with van der Waals surface area (Å²) in [6.07, 6.45) is -6.45. The number of halogens is 5. The lowest BCUT2D eigenvalue weighted by molar-refractivity contribution is -0.187. The maximum atomic E-state index is 12.8. The van der Waals surface area contributed by atoms with Gasteiger partial charge in [-0.3, -0.25) is 0 Å². The molecule has 1 heterocycles. The summed E-state index contributed by atoms with van der Waals surface area (Å²) in [5, 5.41) is 8.81. The zero-order chi connectivity index (χ0) is 14.4. The summed E-state index contributed by atoms with van der Waals surface area (Å²) < 4.78 is 43.6. The van der Waals surface area contributed by atoms with Crippen molar-refractivity contribution in [3.8, 4) is 5.75 Å². The highest BCUT2D eigenvalue weighted by Gasteiger charge is 2.48. The fourth-order valence-electron chi connectivity index (χ4n) is 1.65. The third-order valence-electron chi connectivity index (χ3n) is 2.41. The van der Waals surface area contributed by atoms with Crippen molar-refractivity contribution in [2.24, 2.45) is 0 Å². The molecule has 0 fully saturated rings. The van der Waals surface area contributed by atoms with Gasteiger partial charge in [0.1, 0.15) is 5.75 Å². The summed E-state index contributed by atoms with van der Waals surface area (Å²) in [6.45, 7) is 0. The average molecular weight is 358 g/mol. The van der Waals surface area contributed by atoms with Crippen molar-refractivity contribution in [1.29, 1.82) is 0 Å². The van der Waals surface area contributed by atoms with E-state index in [1.807, 2.05) is 0 Å². The number of benzene rings is 1. The summed E-state index contributed by atoms with van der Waals surface area (Å²) >= 11 is 8.90. The fourth-order valence-corrected chi connectivity index (χ4v) is 2.53. The number of hydrogen-bond donors (Lipinski definition) is 1. The predicted octanol–water partition coefficient (Wildman–Crippen LogP) is 3.89. The van der Waals surface area contributed by atoms with Gasteiger partial charge in [-0.2, -0.15) is 13.2 Å². The number of carboxylic acid groups (broad SMARTS) is 1. The number of carbonyl (C=O) groups is 1. The van der Waals surface area contributed by atoms with Gasteiger partial charge in [-0.1, -0.05) is 27.5 Å². The van der Waals surface area contributed by atoms with Crippen LogP contribution in [0.3, 0.4) is 0 Å². The molecule has 1 N–H and O–H groups in total. The van der Waals surface area contributed by atoms with Crippen molar-refractivity contribution in [2.75, 3.05) is 0 Å². The lowest BCUT2D eigenvalue weighted by atomic mass is 10.0. The van der Waals surface area contributed by atoms with E-state index in [9.17, 15) is 18.0 Å². The second kappa shape index (κ2) is 4.72. The first kappa shape index (κ1) is 14.2. The first-order valence-corrected chi connectivity index (χ1v) is 6.04. The summed E-state index contributed by atoms with van der Waals surface area (Å²) in [5.41, 5.74) is -0.702. The Morgan fingerprint density at radius 3 is 2.58 bits per heavy atom. The molecule has 0 saturated heterocycles. The molecule has 3 nitrogen and oxygen atoms in total. The molecule has 0 bridgehead atoms. The SMILES string of the molecule is O=C(O)C1=Cc2cc(Br)cc(Cl)c2OC1C(F)(F)F. The Balaban J connectivity index is 2.61. The highest BCUT2D eigenvalue weighted by Crippen LogP contribution is 2.42. The van der Waals surface area contributed by atoms with Crippen LogP contribution in [0.15, 0.2) is 22.2 Å². The molecule has 0 spiro atoms. The molecule has 19 heavy (non-hydrogen) atoms. The van der Waals surface area contributed by atoms with Crippen LogP contribution in [-0.2, 0) is 4.79 Å². The molecule has 1 aliphatic heterocycles. The normalized spacial score (nSPS) is 18.4. The van der Waals surface area contributed by atoms with Gasteiger partial charge in [0.2, 0.25) is 6.10 Å². The summed E-state index contributed by atoms with van der Waals surface area (Å²) in [4.78, 5) is 10.9. The molecule has 1 aliphatic rings. The zero-order valence-electron chi connectivity index (χ0n) is 8.96. The van der Waals surface area contributed by atoms with E-state index in [2.05, 4.69) is 15.9 Å². The number of aliphatic carboxylic acids is 1. The molecule has 1 atom stereocenters. The molecule has 0 saturated carbocycles. The van der Waals surface area contributed by atoms with E-state index in [1.54, 1.807) is 0 Å². The second-order valence-electron chi connectivity index (χ2n) is 3.75. The molecule has 1 aromatic rings. The van der Waals surface area contributed by atoms with Crippen LogP contribution >= 0.6 is 27.5 Å². The van der Waals surface area contributed by atoms with Crippen molar-refractivity contribution in [2.45, 2.75) is 12.3 Å². The number of hydrogen-bond acceptors (Lipinski definition) is 2. The lowest BCUT2D eigenvalue weighted by Crippen LogP contribution is -2.40. The van der Waals surface area contributed by atoms with Crippen molar-refractivity contribution in [3.63, 3.8) is 0 Å². The minimum atomic E-state index is -4.84. The number of fused-ring (bicyclic) bond motifs is 1. The molecular formula is C11H5BrClF3O3. The van der Waals surface area contributed by atoms with Crippen molar-refractivity contribution in [1.82, 2.24) is 0 Å². The fraction of sp³-hybridized carbons (Fsp3) is 0.182. The van der Waals surface area contributed by atoms with E-state index in [1.165, 1.54) is 12.1 Å². The Labute approximate surface area is 118 Å². The van der Waals surface area contributed by atoms with Crippen LogP contribution < -0.4 is 4.74 Å². The summed E-state index contributed by atoms with van der Waals surface area (Å²) in [7, 11) is 0. The third kappa shape index (κ3) is 2.71. The van der Waals surface area contributed by atoms with Crippen LogP contribution in [0.1, 0.15) is 5.56 Å². The van der Waals surface area contributed by atoms with E-state index < -0.39 is 23.8 Å². The Hall–Kier alpha value is -1.21. The average Bonchev–Trinajstić information content (AvgIpc) is 2.25. The molecule has 0 aromatic heterocycles. The molecule has 102 valence electrons. The molecular weight excluding hydrogens is 352 g/mol. The van der Waals surface area contributed by atoms with E-state index >= 15 is 0 Å². The van der Waals surface area contributed by atoms with E-state index in [0.717, 1.165) is 6.08 Å². The van der Waals surface area contributed by atoms with E-state index in [4.69, 9.17) is 21.4 Å². The van der Waals surface area contributed by atoms with Crippen molar-refractivity contribution >= 4 is 39.6 Å². The highest BCUT2D eigenvalue weighted by atomic mass is 79.9. The molecule has 2 rings (SSSR count). The largest absolute Gasteiger partial charge is 0.478 e. The second-order valence-corrected chi connectivity index (χ2v) is 5.07. The molecule has 0 aliphatic carbocycles. The lowest BCUT2D eigenvalue weighted by Gasteiger charge is -2.27. The van der Waals surface area contributed by atoms with Crippen LogP contribution in [0.4, 0.5) is 13.2 Å². The van der Waals surface area contributed by atoms with E-state index in [0.29, 0.717) is 4.47 Å². The van der Waals surface area contributed by atoms with Crippen molar-refractivity contribution < 1.29 is 27.8 Å². The van der Waals surface area contributed by atoms with Crippen LogP contribution in [-0.4, -0.2) is 23.4 Å². The monoisotopic (exact) mass is 356 g/mol. The van der Waals surface area contributed by atoms with Crippen LogP contribution in [0, 0.1) is 0 Å². The predicted molar refractivity (Wildman–Crippen MR) is 65.2 cm³/mol. The minimum absolute atomic E-state index is 0.0284. The van der Waals surface area contributed by atoms with Gasteiger partial charge in [0.15, 0.2) is 0 Å². The minimum Gasteiger partial charge on any atom is -0.478 e. The maximum absolute atomic E-state index is 12.8. The van der Waals surface area contributed by atoms with Crippen LogP contribution in [0.2, 0.25) is 5.02 Å². The summed E-state index contributed by atoms with van der Waals surface area (Å²) in [6, 6.07) is 2.80. The number of ether oxygens (including phenoxy) is 1. The van der Waals surface area contributed by atoms with Gasteiger partial charge in [0.05, 0.1) is 10.6 Å². The Kier molecular flexibility index (Phi) is 3.53. The highest BCUT2D eigenvalue weighted by molar-refractivity contribution is 9.10. The summed E-state index contributed by atoms with van der Waals surface area (Å²) in [5.74, 6) is -1.87. The molecule has 8 heteroatoms. The van der Waals surface area contributed by atoms with E-state index in [-0.39, 0.29) is 16.3 Å². The third-order valence-corrected chi connectivity index (χ3v) is 3.15. The van der Waals surface area contributed by atoms with Gasteiger partial charge in [-0.25, -0.2) is 4.79 Å². The number of alkyl halides is 3. The molecule has 0 amide bonds. The van der Waals surface area contributed by atoms with Gasteiger partial charge in [0.25, 0.3) is 0 Å². The number of rotatable bonds is 1. The first-order chi connectivity index (χ1) is 8.70. The van der Waals surface area contributed by atoms with Gasteiger partial charge < -0.3 is 9.84 Å². The van der Waals surface area contributed by atoms with Gasteiger partial charge in [-0.05, 0) is 18.2 Å². The van der Waals surface area contributed by atoms with Crippen LogP contribution in [0.25, 0.3) is 6.08 Å². The van der Waals surface area contributed by atoms with Crippen molar-refractivity contribution in [3.05, 3.63) is 32.8 Å². The molecule has 0 radical (unpaired) electrons. The number of carboxylic acids is 1. The van der Waals surface area contributed by atoms with Crippen LogP contribution in [0.5, 0.6) is 5.75 Å². The maximum Gasteiger partial charge on any atom is 0.430 e. The van der Waals surface area contributed by atoms with Gasteiger partial charge >= 0.3 is 12.1 Å². The van der Waals surface area contributed by atoms with Gasteiger partial charge in [0, 0.05) is 10.0 Å². The Bertz CT molecular complexity index is 583. The quantitative estimate of drug-likeness (QED) is 0.829. The standard InChI is InChI=1S/C11H5BrClF3O3/c12-5-1-4-2-6(10(17)18)9(11(14,15)16)19-8(4)7(13)3-5/h1-3,9H,(H,17,18). The van der Waals surface area contributed by atoms with Gasteiger partial charge in [-0.15, -0.1) is 0 Å². The Morgan fingerprint density at radius 2 is 2.05 bits per heavy atom.